The fraction of sp³-hybridized carbons (Fsp3) is 0.250. The topological polar surface area (TPSA) is 104 Å². The third-order valence-electron chi connectivity index (χ3n) is 2.42. The number of halogens is 1. The van der Waals surface area contributed by atoms with E-state index in [-0.39, 0.29) is 5.56 Å². The number of aryl methyl sites for hydroxylation is 1. The van der Waals surface area contributed by atoms with Gasteiger partial charge in [-0.15, -0.1) is 0 Å². The zero-order valence-electron chi connectivity index (χ0n) is 10.0. The van der Waals surface area contributed by atoms with Crippen LogP contribution in [0.3, 0.4) is 0 Å². The summed E-state index contributed by atoms with van der Waals surface area (Å²) in [4.78, 5) is 33.1. The van der Waals surface area contributed by atoms with Crippen LogP contribution in [0.4, 0.5) is 4.39 Å². The number of aliphatic carboxylic acids is 2. The molecular weight excluding hydrogens is 257 g/mol. The van der Waals surface area contributed by atoms with Gasteiger partial charge < -0.3 is 15.5 Å². The van der Waals surface area contributed by atoms with Crippen molar-refractivity contribution in [3.05, 3.63) is 35.1 Å². The molecule has 19 heavy (non-hydrogen) atoms. The van der Waals surface area contributed by atoms with Crippen molar-refractivity contribution in [1.29, 1.82) is 0 Å². The van der Waals surface area contributed by atoms with Crippen LogP contribution in [-0.4, -0.2) is 34.1 Å². The van der Waals surface area contributed by atoms with Crippen LogP contribution in [0.2, 0.25) is 0 Å². The Labute approximate surface area is 107 Å². The molecule has 0 radical (unpaired) electrons. The highest BCUT2D eigenvalue weighted by atomic mass is 19.1. The van der Waals surface area contributed by atoms with E-state index in [1.165, 1.54) is 13.0 Å². The molecule has 102 valence electrons. The van der Waals surface area contributed by atoms with Crippen LogP contribution < -0.4 is 5.32 Å². The van der Waals surface area contributed by atoms with Crippen LogP contribution >= 0.6 is 0 Å². The Bertz CT molecular complexity index is 529. The standard InChI is InChI=1S/C12H12FNO5/c1-6-4-7(13)2-3-8(6)11(17)14-9(12(18)19)5-10(15)16/h2-4,9H,5H2,1H3,(H,14,17)(H,15,16)(H,18,19)/t9-/m0/s1. The Hall–Kier alpha value is -2.44. The predicted molar refractivity (Wildman–Crippen MR) is 62.3 cm³/mol. The van der Waals surface area contributed by atoms with E-state index in [1.807, 2.05) is 0 Å². The second-order valence-corrected chi connectivity index (χ2v) is 3.92. The maximum Gasteiger partial charge on any atom is 0.326 e. The third kappa shape index (κ3) is 4.06. The van der Waals surface area contributed by atoms with Crippen molar-refractivity contribution in [2.75, 3.05) is 0 Å². The van der Waals surface area contributed by atoms with E-state index in [0.29, 0.717) is 5.56 Å². The van der Waals surface area contributed by atoms with E-state index in [4.69, 9.17) is 10.2 Å². The molecule has 0 bridgehead atoms. The van der Waals surface area contributed by atoms with Gasteiger partial charge in [0.1, 0.15) is 11.9 Å². The summed E-state index contributed by atoms with van der Waals surface area (Å²) in [5, 5.41) is 19.4. The lowest BCUT2D eigenvalue weighted by atomic mass is 10.1. The van der Waals surface area contributed by atoms with Crippen molar-refractivity contribution in [2.45, 2.75) is 19.4 Å². The van der Waals surface area contributed by atoms with Crippen molar-refractivity contribution in [1.82, 2.24) is 5.32 Å². The molecule has 0 spiro atoms. The zero-order valence-corrected chi connectivity index (χ0v) is 10.0. The number of amides is 1. The van der Waals surface area contributed by atoms with Crippen molar-refractivity contribution < 1.29 is 29.0 Å². The Kier molecular flexibility index (Phi) is 4.57. The van der Waals surface area contributed by atoms with Gasteiger partial charge in [0.25, 0.3) is 5.91 Å². The molecule has 0 unspecified atom stereocenters. The van der Waals surface area contributed by atoms with Crippen molar-refractivity contribution in [2.24, 2.45) is 0 Å². The van der Waals surface area contributed by atoms with Gasteiger partial charge in [0.15, 0.2) is 0 Å². The molecule has 1 aromatic carbocycles. The molecule has 0 aliphatic heterocycles. The van der Waals surface area contributed by atoms with E-state index in [2.05, 4.69) is 5.32 Å². The normalized spacial score (nSPS) is 11.7. The average molecular weight is 269 g/mol. The molecule has 7 heteroatoms. The Balaban J connectivity index is 2.87. The SMILES string of the molecule is Cc1cc(F)ccc1C(=O)N[C@@H](CC(=O)O)C(=O)O. The van der Waals surface area contributed by atoms with Crippen LogP contribution in [0.15, 0.2) is 18.2 Å². The summed E-state index contributed by atoms with van der Waals surface area (Å²) in [6.45, 7) is 1.49. The fourth-order valence-corrected chi connectivity index (χ4v) is 1.49. The fourth-order valence-electron chi connectivity index (χ4n) is 1.49. The van der Waals surface area contributed by atoms with Gasteiger partial charge in [0.05, 0.1) is 6.42 Å². The molecule has 1 rings (SSSR count). The van der Waals surface area contributed by atoms with Crippen molar-refractivity contribution in [3.8, 4) is 0 Å². The first-order valence-corrected chi connectivity index (χ1v) is 5.33. The lowest BCUT2D eigenvalue weighted by Gasteiger charge is -2.13. The van der Waals surface area contributed by atoms with E-state index in [0.717, 1.165) is 12.1 Å². The molecule has 1 aromatic rings. The minimum absolute atomic E-state index is 0.0954. The van der Waals surface area contributed by atoms with Crippen LogP contribution in [0.1, 0.15) is 22.3 Å². The van der Waals surface area contributed by atoms with Crippen LogP contribution in [0, 0.1) is 12.7 Å². The summed E-state index contributed by atoms with van der Waals surface area (Å²) in [6, 6.07) is 1.87. The van der Waals surface area contributed by atoms with Gasteiger partial charge in [-0.3, -0.25) is 9.59 Å². The molecule has 1 atom stereocenters. The minimum atomic E-state index is -1.53. The number of nitrogens with one attached hydrogen (secondary N) is 1. The van der Waals surface area contributed by atoms with Crippen molar-refractivity contribution in [3.63, 3.8) is 0 Å². The molecule has 0 fully saturated rings. The van der Waals surface area contributed by atoms with E-state index < -0.39 is 36.1 Å². The van der Waals surface area contributed by atoms with Gasteiger partial charge >= 0.3 is 11.9 Å². The quantitative estimate of drug-likeness (QED) is 0.733. The summed E-state index contributed by atoms with van der Waals surface area (Å²) >= 11 is 0. The highest BCUT2D eigenvalue weighted by molar-refractivity contribution is 5.98. The smallest absolute Gasteiger partial charge is 0.326 e. The molecule has 6 nitrogen and oxygen atoms in total. The summed E-state index contributed by atoms with van der Waals surface area (Å²) in [7, 11) is 0. The third-order valence-corrected chi connectivity index (χ3v) is 2.42. The second kappa shape index (κ2) is 5.94. The number of carbonyl (C=O) groups is 3. The van der Waals surface area contributed by atoms with Crippen molar-refractivity contribution >= 4 is 17.8 Å². The number of carboxylic acid groups (broad SMARTS) is 2. The van der Waals surface area contributed by atoms with E-state index >= 15 is 0 Å². The lowest BCUT2D eigenvalue weighted by Crippen LogP contribution is -2.42. The number of carboxylic acids is 2. The Morgan fingerprint density at radius 2 is 1.95 bits per heavy atom. The molecule has 1 amide bonds. The zero-order chi connectivity index (χ0) is 14.6. The summed E-state index contributed by atoms with van der Waals surface area (Å²) < 4.78 is 12.9. The maximum absolute atomic E-state index is 12.9. The molecule has 0 aromatic heterocycles. The van der Waals surface area contributed by atoms with Gasteiger partial charge in [-0.1, -0.05) is 0 Å². The largest absolute Gasteiger partial charge is 0.481 e. The Morgan fingerprint density at radius 3 is 2.42 bits per heavy atom. The molecule has 0 heterocycles. The van der Waals surface area contributed by atoms with E-state index in [1.54, 1.807) is 0 Å². The molecule has 0 saturated heterocycles. The molecule has 0 aliphatic carbocycles. The second-order valence-electron chi connectivity index (χ2n) is 3.92. The van der Waals surface area contributed by atoms with Crippen LogP contribution in [0.25, 0.3) is 0 Å². The first-order valence-electron chi connectivity index (χ1n) is 5.33. The van der Waals surface area contributed by atoms with E-state index in [9.17, 15) is 18.8 Å². The Morgan fingerprint density at radius 1 is 1.32 bits per heavy atom. The molecular formula is C12H12FNO5. The van der Waals surface area contributed by atoms with Gasteiger partial charge in [-0.05, 0) is 30.7 Å². The van der Waals surface area contributed by atoms with Gasteiger partial charge in [0, 0.05) is 5.56 Å². The number of benzene rings is 1. The van der Waals surface area contributed by atoms with Gasteiger partial charge in [-0.2, -0.15) is 0 Å². The minimum Gasteiger partial charge on any atom is -0.481 e. The lowest BCUT2D eigenvalue weighted by molar-refractivity contribution is -0.145. The highest BCUT2D eigenvalue weighted by Gasteiger charge is 2.24. The predicted octanol–water partition coefficient (Wildman–Crippen LogP) is 0.792. The first-order chi connectivity index (χ1) is 8.81. The molecule has 3 N–H and O–H groups in total. The average Bonchev–Trinajstić information content (AvgIpc) is 2.26. The van der Waals surface area contributed by atoms with Crippen LogP contribution in [-0.2, 0) is 9.59 Å². The van der Waals surface area contributed by atoms with Crippen LogP contribution in [0.5, 0.6) is 0 Å². The summed E-state index contributed by atoms with van der Waals surface area (Å²) in [6.07, 6.45) is -0.735. The molecule has 0 saturated carbocycles. The number of carbonyl (C=O) groups excluding carboxylic acids is 1. The highest BCUT2D eigenvalue weighted by Crippen LogP contribution is 2.10. The maximum atomic E-state index is 12.9. The number of rotatable bonds is 5. The molecule has 0 aliphatic rings. The van der Waals surface area contributed by atoms with Gasteiger partial charge in [0.2, 0.25) is 0 Å². The first kappa shape index (κ1) is 14.6. The monoisotopic (exact) mass is 269 g/mol. The van der Waals surface area contributed by atoms with Gasteiger partial charge in [-0.25, -0.2) is 9.18 Å². The number of hydrogen-bond donors (Lipinski definition) is 3. The summed E-state index contributed by atoms with van der Waals surface area (Å²) in [5.74, 6) is -4.07. The summed E-state index contributed by atoms with van der Waals surface area (Å²) in [5.41, 5.74) is 0.426. The number of hydrogen-bond acceptors (Lipinski definition) is 3.